The van der Waals surface area contributed by atoms with Crippen molar-refractivity contribution in [3.05, 3.63) is 63.7 Å². The van der Waals surface area contributed by atoms with Gasteiger partial charge in [0.15, 0.2) is 5.84 Å². The first-order valence-corrected chi connectivity index (χ1v) is 6.86. The minimum Gasteiger partial charge on any atom is -0.488 e. The molecular formula is C16H17ClN2O2. The van der Waals surface area contributed by atoms with Crippen LogP contribution in [-0.4, -0.2) is 11.0 Å². The van der Waals surface area contributed by atoms with Crippen LogP contribution in [0.5, 0.6) is 5.75 Å². The van der Waals surface area contributed by atoms with Crippen molar-refractivity contribution in [2.75, 3.05) is 0 Å². The maximum absolute atomic E-state index is 8.84. The van der Waals surface area contributed by atoms with Gasteiger partial charge in [-0.2, -0.15) is 0 Å². The number of aryl methyl sites for hydroxylation is 2. The standard InChI is InChI=1S/C16H17ClN2O2/c1-10-6-7-12(8-11(10)2)9-21-14-5-3-4-13(17)15(14)16(18)19-20/h3-8,20H,9H2,1-2H3,(H2,18,19). The topological polar surface area (TPSA) is 67.8 Å². The number of oxime groups is 1. The van der Waals surface area contributed by atoms with E-state index in [9.17, 15) is 0 Å². The van der Waals surface area contributed by atoms with Crippen molar-refractivity contribution >= 4 is 17.4 Å². The lowest BCUT2D eigenvalue weighted by molar-refractivity contribution is 0.303. The van der Waals surface area contributed by atoms with Gasteiger partial charge in [0, 0.05) is 0 Å². The van der Waals surface area contributed by atoms with E-state index in [1.54, 1.807) is 18.2 Å². The molecule has 0 amide bonds. The summed E-state index contributed by atoms with van der Waals surface area (Å²) < 4.78 is 5.77. The first kappa shape index (κ1) is 15.2. The van der Waals surface area contributed by atoms with Crippen molar-refractivity contribution in [1.29, 1.82) is 0 Å². The van der Waals surface area contributed by atoms with Crippen molar-refractivity contribution in [2.45, 2.75) is 20.5 Å². The molecule has 110 valence electrons. The van der Waals surface area contributed by atoms with Crippen LogP contribution in [0, 0.1) is 13.8 Å². The summed E-state index contributed by atoms with van der Waals surface area (Å²) in [5.41, 5.74) is 9.53. The molecule has 0 aliphatic rings. The summed E-state index contributed by atoms with van der Waals surface area (Å²) in [6, 6.07) is 11.3. The quantitative estimate of drug-likeness (QED) is 0.392. The smallest absolute Gasteiger partial charge is 0.175 e. The molecule has 5 heteroatoms. The number of nitrogens with zero attached hydrogens (tertiary/aromatic N) is 1. The van der Waals surface area contributed by atoms with Crippen molar-refractivity contribution in [1.82, 2.24) is 0 Å². The van der Waals surface area contributed by atoms with Gasteiger partial charge in [0.2, 0.25) is 0 Å². The highest BCUT2D eigenvalue weighted by Crippen LogP contribution is 2.27. The molecule has 21 heavy (non-hydrogen) atoms. The molecule has 0 unspecified atom stereocenters. The van der Waals surface area contributed by atoms with E-state index in [0.29, 0.717) is 22.9 Å². The summed E-state index contributed by atoms with van der Waals surface area (Å²) in [5.74, 6) is 0.409. The van der Waals surface area contributed by atoms with Crippen LogP contribution in [0.2, 0.25) is 5.02 Å². The van der Waals surface area contributed by atoms with Crippen LogP contribution in [0.1, 0.15) is 22.3 Å². The highest BCUT2D eigenvalue weighted by Gasteiger charge is 2.13. The molecule has 2 aromatic carbocycles. The molecule has 0 radical (unpaired) electrons. The zero-order valence-electron chi connectivity index (χ0n) is 11.9. The lowest BCUT2D eigenvalue weighted by atomic mass is 10.1. The second-order valence-corrected chi connectivity index (χ2v) is 5.21. The fraction of sp³-hybridized carbons (Fsp3) is 0.188. The Labute approximate surface area is 128 Å². The fourth-order valence-corrected chi connectivity index (χ4v) is 2.24. The third-order valence-corrected chi connectivity index (χ3v) is 3.62. The van der Waals surface area contributed by atoms with Crippen LogP contribution in [-0.2, 0) is 6.61 Å². The van der Waals surface area contributed by atoms with Gasteiger partial charge in [-0.25, -0.2) is 0 Å². The molecule has 0 bridgehead atoms. The lowest BCUT2D eigenvalue weighted by Gasteiger charge is -2.12. The van der Waals surface area contributed by atoms with Gasteiger partial charge in [-0.1, -0.05) is 41.0 Å². The van der Waals surface area contributed by atoms with Crippen molar-refractivity contribution in [3.8, 4) is 5.75 Å². The van der Waals surface area contributed by atoms with Crippen molar-refractivity contribution in [3.63, 3.8) is 0 Å². The molecule has 0 aromatic heterocycles. The van der Waals surface area contributed by atoms with Crippen molar-refractivity contribution in [2.24, 2.45) is 10.9 Å². The summed E-state index contributed by atoms with van der Waals surface area (Å²) in [6.45, 7) is 4.50. The van der Waals surface area contributed by atoms with Gasteiger partial charge < -0.3 is 15.7 Å². The average Bonchev–Trinajstić information content (AvgIpc) is 2.48. The van der Waals surface area contributed by atoms with Gasteiger partial charge in [-0.05, 0) is 42.7 Å². The van der Waals surface area contributed by atoms with E-state index in [4.69, 9.17) is 27.3 Å². The van der Waals surface area contributed by atoms with E-state index in [-0.39, 0.29) is 5.84 Å². The number of rotatable bonds is 4. The van der Waals surface area contributed by atoms with E-state index in [1.165, 1.54) is 11.1 Å². The highest BCUT2D eigenvalue weighted by molar-refractivity contribution is 6.34. The second-order valence-electron chi connectivity index (χ2n) is 4.81. The molecule has 0 fully saturated rings. The fourth-order valence-electron chi connectivity index (χ4n) is 1.98. The zero-order chi connectivity index (χ0) is 15.4. The number of amidine groups is 1. The van der Waals surface area contributed by atoms with Gasteiger partial charge in [0.25, 0.3) is 0 Å². The van der Waals surface area contributed by atoms with E-state index in [2.05, 4.69) is 31.1 Å². The van der Waals surface area contributed by atoms with E-state index in [1.807, 2.05) is 6.07 Å². The zero-order valence-corrected chi connectivity index (χ0v) is 12.7. The normalized spacial score (nSPS) is 11.5. The number of ether oxygens (including phenoxy) is 1. The summed E-state index contributed by atoms with van der Waals surface area (Å²) >= 11 is 6.08. The highest BCUT2D eigenvalue weighted by atomic mass is 35.5. The van der Waals surface area contributed by atoms with Gasteiger partial charge >= 0.3 is 0 Å². The van der Waals surface area contributed by atoms with Crippen molar-refractivity contribution < 1.29 is 9.94 Å². The van der Waals surface area contributed by atoms with Crippen LogP contribution in [0.3, 0.4) is 0 Å². The molecule has 0 saturated carbocycles. The molecule has 2 rings (SSSR count). The summed E-state index contributed by atoms with van der Waals surface area (Å²) in [6.07, 6.45) is 0. The summed E-state index contributed by atoms with van der Waals surface area (Å²) in [5, 5.41) is 12.2. The van der Waals surface area contributed by atoms with Crippen LogP contribution < -0.4 is 10.5 Å². The average molecular weight is 305 g/mol. The molecule has 4 nitrogen and oxygen atoms in total. The van der Waals surface area contributed by atoms with Gasteiger partial charge in [-0.3, -0.25) is 0 Å². The Bertz CT molecular complexity index is 684. The maximum atomic E-state index is 8.84. The Morgan fingerprint density at radius 3 is 2.67 bits per heavy atom. The number of hydrogen-bond acceptors (Lipinski definition) is 3. The molecular weight excluding hydrogens is 288 g/mol. The minimum absolute atomic E-state index is 0.0734. The molecule has 0 heterocycles. The molecule has 0 saturated heterocycles. The molecule has 0 spiro atoms. The molecule has 0 aliphatic heterocycles. The Kier molecular flexibility index (Phi) is 4.70. The molecule has 0 atom stereocenters. The largest absolute Gasteiger partial charge is 0.488 e. The van der Waals surface area contributed by atoms with Crippen LogP contribution in [0.4, 0.5) is 0 Å². The molecule has 2 aromatic rings. The van der Waals surface area contributed by atoms with E-state index in [0.717, 1.165) is 5.56 Å². The van der Waals surface area contributed by atoms with E-state index >= 15 is 0 Å². The first-order valence-electron chi connectivity index (χ1n) is 6.48. The van der Waals surface area contributed by atoms with Gasteiger partial charge in [0.05, 0.1) is 10.6 Å². The number of hydrogen-bond donors (Lipinski definition) is 2. The number of halogens is 1. The predicted octanol–water partition coefficient (Wildman–Crippen LogP) is 3.63. The Morgan fingerprint density at radius 1 is 1.24 bits per heavy atom. The minimum atomic E-state index is -0.0734. The Morgan fingerprint density at radius 2 is 2.00 bits per heavy atom. The van der Waals surface area contributed by atoms with Crippen LogP contribution in [0.25, 0.3) is 0 Å². The van der Waals surface area contributed by atoms with Crippen LogP contribution >= 0.6 is 11.6 Å². The maximum Gasteiger partial charge on any atom is 0.175 e. The summed E-state index contributed by atoms with van der Waals surface area (Å²) in [7, 11) is 0. The number of nitrogens with two attached hydrogens (primary N) is 1. The monoisotopic (exact) mass is 304 g/mol. The lowest BCUT2D eigenvalue weighted by Crippen LogP contribution is -2.15. The third-order valence-electron chi connectivity index (χ3n) is 3.30. The summed E-state index contributed by atoms with van der Waals surface area (Å²) in [4.78, 5) is 0. The SMILES string of the molecule is Cc1ccc(COc2cccc(Cl)c2/C(N)=N/O)cc1C. The Balaban J connectivity index is 2.24. The number of benzene rings is 2. The van der Waals surface area contributed by atoms with Gasteiger partial charge in [-0.15, -0.1) is 0 Å². The first-order chi connectivity index (χ1) is 10.0. The Hall–Kier alpha value is -2.20. The molecule has 3 N–H and O–H groups in total. The molecule has 0 aliphatic carbocycles. The van der Waals surface area contributed by atoms with Crippen LogP contribution in [0.15, 0.2) is 41.6 Å². The van der Waals surface area contributed by atoms with E-state index < -0.39 is 0 Å². The van der Waals surface area contributed by atoms with Gasteiger partial charge in [0.1, 0.15) is 12.4 Å². The predicted molar refractivity (Wildman–Crippen MR) is 84.2 cm³/mol. The third kappa shape index (κ3) is 3.47. The second kappa shape index (κ2) is 6.50.